The van der Waals surface area contributed by atoms with E-state index in [1.165, 1.54) is 0 Å². The molecule has 23 heavy (non-hydrogen) atoms. The Kier molecular flexibility index (Phi) is 3.80. The molecule has 0 spiro atoms. The number of hydrogen-bond acceptors (Lipinski definition) is 6. The van der Waals surface area contributed by atoms with Crippen LogP contribution in [0.1, 0.15) is 27.5 Å². The Morgan fingerprint density at radius 2 is 2.00 bits per heavy atom. The van der Waals surface area contributed by atoms with E-state index in [9.17, 15) is 4.79 Å². The van der Waals surface area contributed by atoms with Crippen molar-refractivity contribution in [2.75, 3.05) is 0 Å². The predicted molar refractivity (Wildman–Crippen MR) is 80.6 cm³/mol. The van der Waals surface area contributed by atoms with Crippen molar-refractivity contribution < 1.29 is 14.1 Å². The van der Waals surface area contributed by atoms with Crippen molar-refractivity contribution in [3.05, 3.63) is 47.0 Å². The summed E-state index contributed by atoms with van der Waals surface area (Å²) in [5.41, 5.74) is 8.24. The summed E-state index contributed by atoms with van der Waals surface area (Å²) in [6.45, 7) is 4.09. The Bertz CT molecular complexity index is 816. The Hall–Kier alpha value is -3.16. The summed E-state index contributed by atoms with van der Waals surface area (Å²) >= 11 is 0. The number of benzene rings is 1. The first-order valence-corrected chi connectivity index (χ1v) is 6.92. The quantitative estimate of drug-likeness (QED) is 0.740. The summed E-state index contributed by atoms with van der Waals surface area (Å²) in [5.74, 6) is 0.790. The smallest absolute Gasteiger partial charge is 0.271 e. The van der Waals surface area contributed by atoms with Crippen LogP contribution in [0.5, 0.6) is 5.75 Å². The molecule has 2 heterocycles. The zero-order valence-electron chi connectivity index (χ0n) is 12.7. The third-order valence-electron chi connectivity index (χ3n) is 3.47. The van der Waals surface area contributed by atoms with Crippen LogP contribution in [0, 0.1) is 13.8 Å². The van der Waals surface area contributed by atoms with Gasteiger partial charge in [0.2, 0.25) is 0 Å². The largest absolute Gasteiger partial charge is 0.489 e. The van der Waals surface area contributed by atoms with Crippen LogP contribution < -0.4 is 10.5 Å². The second-order valence-corrected chi connectivity index (χ2v) is 5.00. The number of carbonyl (C=O) groups is 1. The fraction of sp³-hybridized carbons (Fsp3) is 0.200. The number of aryl methyl sites for hydroxylation is 2. The second kappa shape index (κ2) is 5.91. The molecule has 8 heteroatoms. The monoisotopic (exact) mass is 313 g/mol. The van der Waals surface area contributed by atoms with Crippen molar-refractivity contribution in [1.29, 1.82) is 0 Å². The van der Waals surface area contributed by atoms with E-state index in [0.29, 0.717) is 18.1 Å². The van der Waals surface area contributed by atoms with Crippen molar-refractivity contribution in [1.82, 2.24) is 20.6 Å². The number of rotatable bonds is 5. The molecule has 0 bridgehead atoms. The van der Waals surface area contributed by atoms with Gasteiger partial charge in [-0.1, -0.05) is 5.16 Å². The highest BCUT2D eigenvalue weighted by Gasteiger charge is 2.15. The summed E-state index contributed by atoms with van der Waals surface area (Å²) in [4.78, 5) is 11.3. The van der Waals surface area contributed by atoms with Gasteiger partial charge in [-0.15, -0.1) is 0 Å². The fourth-order valence-corrected chi connectivity index (χ4v) is 2.18. The molecule has 0 unspecified atom stereocenters. The Labute approximate surface area is 131 Å². The first-order chi connectivity index (χ1) is 11.1. The summed E-state index contributed by atoms with van der Waals surface area (Å²) in [6.07, 6.45) is 0. The number of hydrogen-bond donors (Lipinski definition) is 2. The van der Waals surface area contributed by atoms with E-state index >= 15 is 0 Å². The second-order valence-electron chi connectivity index (χ2n) is 5.00. The van der Waals surface area contributed by atoms with E-state index in [2.05, 4.69) is 20.6 Å². The van der Waals surface area contributed by atoms with E-state index in [1.807, 2.05) is 13.8 Å². The maximum absolute atomic E-state index is 11.3. The van der Waals surface area contributed by atoms with Gasteiger partial charge in [-0.3, -0.25) is 4.79 Å². The number of nitrogens with zero attached hydrogens (tertiary/aromatic N) is 3. The summed E-state index contributed by atoms with van der Waals surface area (Å²) < 4.78 is 10.8. The zero-order chi connectivity index (χ0) is 16.4. The van der Waals surface area contributed by atoms with Crippen molar-refractivity contribution in [3.8, 4) is 17.0 Å². The van der Waals surface area contributed by atoms with Crippen molar-refractivity contribution in [3.63, 3.8) is 0 Å². The fourth-order valence-electron chi connectivity index (χ4n) is 2.18. The highest BCUT2D eigenvalue weighted by Crippen LogP contribution is 2.23. The van der Waals surface area contributed by atoms with Gasteiger partial charge in [-0.05, 0) is 38.1 Å². The standard InChI is InChI=1S/C15H15N5O3/c1-8-12(9(2)23-19-8)7-22-11-5-3-10(4-6-11)13-14(15(16)21)18-20-17-13/h3-6H,7H2,1-2H3,(H2,16,21)(H,17,18,20). The van der Waals surface area contributed by atoms with Crippen LogP contribution in [0.2, 0.25) is 0 Å². The van der Waals surface area contributed by atoms with Crippen LogP contribution in [0.25, 0.3) is 11.3 Å². The van der Waals surface area contributed by atoms with Gasteiger partial charge in [0.05, 0.1) is 11.3 Å². The number of H-pyrrole nitrogens is 1. The maximum Gasteiger partial charge on any atom is 0.271 e. The molecular formula is C15H15N5O3. The molecule has 0 radical (unpaired) electrons. The van der Waals surface area contributed by atoms with E-state index in [-0.39, 0.29) is 5.69 Å². The molecule has 0 fully saturated rings. The molecule has 3 aromatic rings. The summed E-state index contributed by atoms with van der Waals surface area (Å²) in [5, 5.41) is 14.0. The Morgan fingerprint density at radius 1 is 1.26 bits per heavy atom. The number of nitrogens with two attached hydrogens (primary N) is 1. The van der Waals surface area contributed by atoms with Crippen molar-refractivity contribution in [2.45, 2.75) is 20.5 Å². The summed E-state index contributed by atoms with van der Waals surface area (Å²) in [7, 11) is 0. The normalized spacial score (nSPS) is 10.7. The lowest BCUT2D eigenvalue weighted by atomic mass is 10.1. The average molecular weight is 313 g/mol. The molecule has 1 amide bonds. The highest BCUT2D eigenvalue weighted by atomic mass is 16.5. The van der Waals surface area contributed by atoms with Crippen molar-refractivity contribution in [2.24, 2.45) is 5.73 Å². The maximum atomic E-state index is 11.3. The zero-order valence-corrected chi connectivity index (χ0v) is 12.7. The first-order valence-electron chi connectivity index (χ1n) is 6.92. The van der Waals surface area contributed by atoms with Gasteiger partial charge in [-0.25, -0.2) is 0 Å². The van der Waals surface area contributed by atoms with E-state index in [4.69, 9.17) is 15.0 Å². The van der Waals surface area contributed by atoms with Gasteiger partial charge in [0.25, 0.3) is 5.91 Å². The van der Waals surface area contributed by atoms with Crippen LogP contribution in [-0.4, -0.2) is 26.5 Å². The lowest BCUT2D eigenvalue weighted by Gasteiger charge is -2.06. The highest BCUT2D eigenvalue weighted by molar-refractivity contribution is 5.96. The SMILES string of the molecule is Cc1noc(C)c1COc1ccc(-c2n[nH]nc2C(N)=O)cc1. The molecule has 2 aromatic heterocycles. The summed E-state index contributed by atoms with van der Waals surface area (Å²) in [6, 6.07) is 7.14. The first kappa shape index (κ1) is 14.8. The molecule has 0 saturated carbocycles. The Balaban J connectivity index is 1.75. The number of aromatic nitrogens is 4. The van der Waals surface area contributed by atoms with Crippen LogP contribution in [0.4, 0.5) is 0 Å². The molecule has 0 atom stereocenters. The van der Waals surface area contributed by atoms with Gasteiger partial charge >= 0.3 is 0 Å². The minimum Gasteiger partial charge on any atom is -0.489 e. The van der Waals surface area contributed by atoms with Gasteiger partial charge in [0.15, 0.2) is 5.69 Å². The minimum atomic E-state index is -0.632. The van der Waals surface area contributed by atoms with Crippen molar-refractivity contribution >= 4 is 5.91 Å². The number of ether oxygens (including phenoxy) is 1. The average Bonchev–Trinajstić information content (AvgIpc) is 3.14. The third kappa shape index (κ3) is 2.91. The number of nitrogens with one attached hydrogen (secondary N) is 1. The van der Waals surface area contributed by atoms with E-state index in [1.54, 1.807) is 24.3 Å². The van der Waals surface area contributed by atoms with E-state index < -0.39 is 5.91 Å². The van der Waals surface area contributed by atoms with Crippen LogP contribution in [0.3, 0.4) is 0 Å². The molecule has 118 valence electrons. The predicted octanol–water partition coefficient (Wildman–Crippen LogP) is 1.75. The molecule has 3 N–H and O–H groups in total. The number of aromatic amines is 1. The van der Waals surface area contributed by atoms with Gasteiger partial charge in [0, 0.05) is 5.56 Å². The molecule has 0 aliphatic rings. The number of primary amides is 1. The molecule has 0 saturated heterocycles. The molecule has 3 rings (SSSR count). The third-order valence-corrected chi connectivity index (χ3v) is 3.47. The van der Waals surface area contributed by atoms with Crippen LogP contribution in [0.15, 0.2) is 28.8 Å². The Morgan fingerprint density at radius 3 is 2.61 bits per heavy atom. The molecule has 1 aromatic carbocycles. The molecule has 0 aliphatic heterocycles. The van der Waals surface area contributed by atoms with Gasteiger partial charge in [-0.2, -0.15) is 15.4 Å². The molecular weight excluding hydrogens is 298 g/mol. The van der Waals surface area contributed by atoms with Gasteiger partial charge < -0.3 is 15.0 Å². The molecule has 0 aliphatic carbocycles. The van der Waals surface area contributed by atoms with Crippen LogP contribution >= 0.6 is 0 Å². The number of amides is 1. The minimum absolute atomic E-state index is 0.106. The van der Waals surface area contributed by atoms with Crippen LogP contribution in [-0.2, 0) is 6.61 Å². The van der Waals surface area contributed by atoms with Gasteiger partial charge in [0.1, 0.15) is 23.8 Å². The lowest BCUT2D eigenvalue weighted by Crippen LogP contribution is -2.12. The lowest BCUT2D eigenvalue weighted by molar-refractivity contribution is 0.0996. The number of carbonyl (C=O) groups excluding carboxylic acids is 1. The molecule has 8 nitrogen and oxygen atoms in total. The van der Waals surface area contributed by atoms with E-state index in [0.717, 1.165) is 22.6 Å². The topological polar surface area (TPSA) is 120 Å².